The Labute approximate surface area is 177 Å². The molecule has 7 heteroatoms. The quantitative estimate of drug-likeness (QED) is 0.795. The predicted molar refractivity (Wildman–Crippen MR) is 119 cm³/mol. The highest BCUT2D eigenvalue weighted by Crippen LogP contribution is 2.27. The van der Waals surface area contributed by atoms with Crippen LogP contribution >= 0.6 is 0 Å². The summed E-state index contributed by atoms with van der Waals surface area (Å²) in [6.07, 6.45) is 5.74. The van der Waals surface area contributed by atoms with E-state index in [0.717, 1.165) is 62.4 Å². The maximum atomic E-state index is 13.0. The number of nitrogens with two attached hydrogens (primary N) is 1. The number of piperidine rings is 1. The number of rotatable bonds is 5. The summed E-state index contributed by atoms with van der Waals surface area (Å²) in [5.74, 6) is 0.287. The average Bonchev–Trinajstić information content (AvgIpc) is 3.29. The summed E-state index contributed by atoms with van der Waals surface area (Å²) in [4.78, 5) is 33.4. The zero-order chi connectivity index (χ0) is 21.1. The van der Waals surface area contributed by atoms with E-state index in [2.05, 4.69) is 26.2 Å². The number of primary amides is 1. The van der Waals surface area contributed by atoms with E-state index in [1.165, 1.54) is 0 Å². The van der Waals surface area contributed by atoms with Crippen LogP contribution in [0.15, 0.2) is 36.5 Å². The van der Waals surface area contributed by atoms with Gasteiger partial charge in [-0.2, -0.15) is 0 Å². The molecule has 0 saturated carbocycles. The first-order valence-electron chi connectivity index (χ1n) is 10.7. The molecule has 4 rings (SSSR count). The molecule has 1 unspecified atom stereocenters. The molecule has 2 fully saturated rings. The van der Waals surface area contributed by atoms with Crippen LogP contribution in [-0.2, 0) is 4.79 Å². The highest BCUT2D eigenvalue weighted by Gasteiger charge is 2.25. The number of carbonyl (C=O) groups is 2. The molecule has 7 nitrogen and oxygen atoms in total. The van der Waals surface area contributed by atoms with Crippen molar-refractivity contribution in [1.82, 2.24) is 4.98 Å². The number of amides is 2. The van der Waals surface area contributed by atoms with Gasteiger partial charge in [-0.05, 0) is 56.9 Å². The van der Waals surface area contributed by atoms with E-state index in [-0.39, 0.29) is 17.7 Å². The van der Waals surface area contributed by atoms with Gasteiger partial charge in [0.2, 0.25) is 5.91 Å². The Morgan fingerprint density at radius 1 is 1.07 bits per heavy atom. The van der Waals surface area contributed by atoms with Crippen molar-refractivity contribution in [2.45, 2.75) is 32.6 Å². The number of aryl methyl sites for hydroxylation is 1. The van der Waals surface area contributed by atoms with E-state index >= 15 is 0 Å². The second-order valence-electron chi connectivity index (χ2n) is 8.26. The molecule has 2 saturated heterocycles. The molecule has 1 aromatic heterocycles. The number of aromatic nitrogens is 1. The van der Waals surface area contributed by atoms with Crippen molar-refractivity contribution in [3.63, 3.8) is 0 Å². The number of nitrogens with zero attached hydrogens (tertiary/aromatic N) is 3. The molecule has 30 heavy (non-hydrogen) atoms. The third kappa shape index (κ3) is 4.40. The van der Waals surface area contributed by atoms with Crippen LogP contribution in [-0.4, -0.2) is 43.0 Å². The normalized spacial score (nSPS) is 19.0. The standard InChI is InChI=1S/C23H29N5O2/c1-16-6-8-20(27-10-2-3-11-27)19(13-16)23(30)26-18-7-9-21(25-14-18)28-12-4-5-17(15-28)22(24)29/h6-9,13-14,17H,2-5,10-12,15H2,1H3,(H2,24,29)(H,26,30). The van der Waals surface area contributed by atoms with E-state index in [1.807, 2.05) is 31.2 Å². The van der Waals surface area contributed by atoms with Crippen LogP contribution < -0.4 is 20.9 Å². The number of hydrogen-bond donors (Lipinski definition) is 2. The van der Waals surface area contributed by atoms with Crippen molar-refractivity contribution in [2.75, 3.05) is 41.3 Å². The maximum Gasteiger partial charge on any atom is 0.257 e. The molecule has 0 radical (unpaired) electrons. The van der Waals surface area contributed by atoms with E-state index in [0.29, 0.717) is 17.8 Å². The van der Waals surface area contributed by atoms with Crippen molar-refractivity contribution in [1.29, 1.82) is 0 Å². The Hall–Kier alpha value is -3.09. The van der Waals surface area contributed by atoms with Gasteiger partial charge in [0.1, 0.15) is 5.82 Å². The van der Waals surface area contributed by atoms with Crippen LogP contribution in [0.5, 0.6) is 0 Å². The lowest BCUT2D eigenvalue weighted by Gasteiger charge is -2.32. The second-order valence-corrected chi connectivity index (χ2v) is 8.26. The first-order chi connectivity index (χ1) is 14.5. The van der Waals surface area contributed by atoms with Crippen LogP contribution in [0.4, 0.5) is 17.2 Å². The Morgan fingerprint density at radius 2 is 1.83 bits per heavy atom. The predicted octanol–water partition coefficient (Wildman–Crippen LogP) is 2.94. The molecular weight excluding hydrogens is 378 g/mol. The number of benzene rings is 1. The van der Waals surface area contributed by atoms with Gasteiger partial charge in [0, 0.05) is 31.9 Å². The number of hydrogen-bond acceptors (Lipinski definition) is 5. The van der Waals surface area contributed by atoms with Crippen molar-refractivity contribution in [2.24, 2.45) is 11.7 Å². The van der Waals surface area contributed by atoms with Crippen LogP contribution in [0, 0.1) is 12.8 Å². The smallest absolute Gasteiger partial charge is 0.257 e. The van der Waals surface area contributed by atoms with Gasteiger partial charge in [-0.25, -0.2) is 4.98 Å². The first kappa shape index (κ1) is 20.2. The SMILES string of the molecule is Cc1ccc(N2CCCC2)c(C(=O)Nc2ccc(N3CCCC(C(N)=O)C3)nc2)c1. The third-order valence-corrected chi connectivity index (χ3v) is 6.00. The monoisotopic (exact) mass is 407 g/mol. The third-order valence-electron chi connectivity index (χ3n) is 6.00. The minimum absolute atomic E-state index is 0.123. The van der Waals surface area contributed by atoms with Crippen LogP contribution in [0.2, 0.25) is 0 Å². The van der Waals surface area contributed by atoms with Crippen LogP contribution in [0.3, 0.4) is 0 Å². The second kappa shape index (κ2) is 8.73. The lowest BCUT2D eigenvalue weighted by atomic mass is 9.97. The van der Waals surface area contributed by atoms with Gasteiger partial charge < -0.3 is 20.9 Å². The fourth-order valence-corrected chi connectivity index (χ4v) is 4.33. The van der Waals surface area contributed by atoms with E-state index < -0.39 is 0 Å². The summed E-state index contributed by atoms with van der Waals surface area (Å²) in [6.45, 7) is 5.42. The maximum absolute atomic E-state index is 13.0. The van der Waals surface area contributed by atoms with Crippen molar-refractivity contribution < 1.29 is 9.59 Å². The van der Waals surface area contributed by atoms with Gasteiger partial charge >= 0.3 is 0 Å². The largest absolute Gasteiger partial charge is 0.371 e. The summed E-state index contributed by atoms with van der Waals surface area (Å²) < 4.78 is 0. The first-order valence-corrected chi connectivity index (χ1v) is 10.7. The summed E-state index contributed by atoms with van der Waals surface area (Å²) >= 11 is 0. The minimum Gasteiger partial charge on any atom is -0.371 e. The lowest BCUT2D eigenvalue weighted by Crippen LogP contribution is -2.41. The number of nitrogens with one attached hydrogen (secondary N) is 1. The van der Waals surface area contributed by atoms with Gasteiger partial charge in [0.15, 0.2) is 0 Å². The van der Waals surface area contributed by atoms with Crippen molar-refractivity contribution >= 4 is 29.0 Å². The van der Waals surface area contributed by atoms with Crippen LogP contribution in [0.1, 0.15) is 41.6 Å². The summed E-state index contributed by atoms with van der Waals surface area (Å²) in [5.41, 5.74) is 8.87. The fraction of sp³-hybridized carbons (Fsp3) is 0.435. The van der Waals surface area contributed by atoms with Crippen molar-refractivity contribution in [3.8, 4) is 0 Å². The molecule has 1 aromatic carbocycles. The molecular formula is C23H29N5O2. The van der Waals surface area contributed by atoms with Gasteiger partial charge in [0.05, 0.1) is 23.4 Å². The summed E-state index contributed by atoms with van der Waals surface area (Å²) in [6, 6.07) is 9.79. The Balaban J connectivity index is 1.47. The van der Waals surface area contributed by atoms with E-state index in [4.69, 9.17) is 5.73 Å². The zero-order valence-electron chi connectivity index (χ0n) is 17.4. The number of anilines is 3. The fourth-order valence-electron chi connectivity index (χ4n) is 4.33. The molecule has 2 aliphatic heterocycles. The summed E-state index contributed by atoms with van der Waals surface area (Å²) in [7, 11) is 0. The highest BCUT2D eigenvalue weighted by atomic mass is 16.2. The summed E-state index contributed by atoms with van der Waals surface area (Å²) in [5, 5.41) is 2.99. The molecule has 0 aliphatic carbocycles. The van der Waals surface area contributed by atoms with Crippen LogP contribution in [0.25, 0.3) is 0 Å². The van der Waals surface area contributed by atoms with E-state index in [1.54, 1.807) is 6.20 Å². The molecule has 2 amide bonds. The molecule has 3 heterocycles. The lowest BCUT2D eigenvalue weighted by molar-refractivity contribution is -0.122. The minimum atomic E-state index is -0.254. The topological polar surface area (TPSA) is 91.6 Å². The van der Waals surface area contributed by atoms with Gasteiger partial charge in [-0.1, -0.05) is 11.6 Å². The Kier molecular flexibility index (Phi) is 5.88. The van der Waals surface area contributed by atoms with Gasteiger partial charge in [-0.15, -0.1) is 0 Å². The number of pyridine rings is 1. The van der Waals surface area contributed by atoms with Gasteiger partial charge in [-0.3, -0.25) is 9.59 Å². The zero-order valence-corrected chi connectivity index (χ0v) is 17.4. The van der Waals surface area contributed by atoms with Gasteiger partial charge in [0.25, 0.3) is 5.91 Å². The van der Waals surface area contributed by atoms with Crippen molar-refractivity contribution in [3.05, 3.63) is 47.7 Å². The average molecular weight is 408 g/mol. The molecule has 3 N–H and O–H groups in total. The molecule has 158 valence electrons. The molecule has 2 aromatic rings. The molecule has 0 bridgehead atoms. The Morgan fingerprint density at radius 3 is 2.53 bits per heavy atom. The Bertz CT molecular complexity index is 922. The molecule has 1 atom stereocenters. The highest BCUT2D eigenvalue weighted by molar-refractivity contribution is 6.08. The molecule has 0 spiro atoms. The molecule has 2 aliphatic rings. The number of carbonyl (C=O) groups excluding carboxylic acids is 2. The van der Waals surface area contributed by atoms with E-state index in [9.17, 15) is 9.59 Å².